The number of halogens is 1. The van der Waals surface area contributed by atoms with Crippen LogP contribution in [-0.2, 0) is 6.54 Å². The maximum absolute atomic E-state index is 12.4. The lowest BCUT2D eigenvalue weighted by Gasteiger charge is -2.10. The van der Waals surface area contributed by atoms with Crippen molar-refractivity contribution in [2.24, 2.45) is 0 Å². The van der Waals surface area contributed by atoms with Gasteiger partial charge in [-0.1, -0.05) is 35.9 Å². The number of hydrogen-bond acceptors (Lipinski definition) is 4. The van der Waals surface area contributed by atoms with E-state index in [4.69, 9.17) is 16.3 Å². The fraction of sp³-hybridized carbons (Fsp3) is 0.100. The van der Waals surface area contributed by atoms with Gasteiger partial charge in [-0.05, 0) is 42.0 Å². The fourth-order valence-corrected chi connectivity index (χ4v) is 2.55. The van der Waals surface area contributed by atoms with E-state index in [1.807, 2.05) is 42.5 Å². The number of nitrogens with one attached hydrogen (secondary N) is 2. The quantitative estimate of drug-likeness (QED) is 0.677. The van der Waals surface area contributed by atoms with E-state index < -0.39 is 0 Å². The Bertz CT molecular complexity index is 898. The molecule has 1 amide bonds. The van der Waals surface area contributed by atoms with Crippen molar-refractivity contribution in [3.8, 4) is 5.75 Å². The number of rotatable bonds is 6. The lowest BCUT2D eigenvalue weighted by molar-refractivity contribution is 0.0951. The summed E-state index contributed by atoms with van der Waals surface area (Å²) < 4.78 is 5.12. The van der Waals surface area contributed by atoms with Gasteiger partial charge in [-0.25, -0.2) is 4.98 Å². The summed E-state index contributed by atoms with van der Waals surface area (Å²) in [6, 6.07) is 18.3. The van der Waals surface area contributed by atoms with Gasteiger partial charge in [-0.2, -0.15) is 0 Å². The molecular weight excluding hydrogens is 350 g/mol. The van der Waals surface area contributed by atoms with Gasteiger partial charge < -0.3 is 15.4 Å². The summed E-state index contributed by atoms with van der Waals surface area (Å²) in [6.45, 7) is 0.429. The predicted octanol–water partition coefficient (Wildman–Crippen LogP) is 4.42. The standard InChI is InChI=1S/C20H18ClN3O2/c1-26-16-8-6-14(7-9-16)13-23-20(25)15-10-11-22-19(12-15)24-18-5-3-2-4-17(18)21/h2-12H,13H2,1H3,(H,22,24)(H,23,25). The molecule has 0 unspecified atom stereocenters. The van der Waals surface area contributed by atoms with Crippen LogP contribution in [0.15, 0.2) is 66.9 Å². The number of carbonyl (C=O) groups is 1. The second kappa shape index (κ2) is 8.36. The molecule has 1 aromatic heterocycles. The second-order valence-electron chi connectivity index (χ2n) is 5.57. The monoisotopic (exact) mass is 367 g/mol. The topological polar surface area (TPSA) is 63.2 Å². The molecule has 0 aliphatic carbocycles. The van der Waals surface area contributed by atoms with Crippen LogP contribution in [0.5, 0.6) is 5.75 Å². The van der Waals surface area contributed by atoms with Gasteiger partial charge in [0.1, 0.15) is 11.6 Å². The van der Waals surface area contributed by atoms with Crippen molar-refractivity contribution in [1.29, 1.82) is 0 Å². The zero-order valence-corrected chi connectivity index (χ0v) is 15.0. The van der Waals surface area contributed by atoms with Crippen LogP contribution < -0.4 is 15.4 Å². The highest BCUT2D eigenvalue weighted by Gasteiger charge is 2.08. The maximum Gasteiger partial charge on any atom is 0.251 e. The summed E-state index contributed by atoms with van der Waals surface area (Å²) in [5, 5.41) is 6.60. The van der Waals surface area contributed by atoms with Crippen molar-refractivity contribution in [3.63, 3.8) is 0 Å². The molecule has 0 aliphatic rings. The number of anilines is 2. The first-order valence-corrected chi connectivity index (χ1v) is 8.42. The number of nitrogens with zero attached hydrogens (tertiary/aromatic N) is 1. The Morgan fingerprint density at radius 1 is 1.12 bits per heavy atom. The van der Waals surface area contributed by atoms with E-state index in [0.29, 0.717) is 22.9 Å². The smallest absolute Gasteiger partial charge is 0.251 e. The minimum absolute atomic E-state index is 0.176. The zero-order chi connectivity index (χ0) is 18.4. The Labute approximate surface area is 157 Å². The molecule has 2 N–H and O–H groups in total. The van der Waals surface area contributed by atoms with Gasteiger partial charge in [-0.15, -0.1) is 0 Å². The van der Waals surface area contributed by atoms with Gasteiger partial charge in [0.05, 0.1) is 17.8 Å². The first-order chi connectivity index (χ1) is 12.7. The fourth-order valence-electron chi connectivity index (χ4n) is 2.37. The number of pyridine rings is 1. The van der Waals surface area contributed by atoms with Gasteiger partial charge in [0, 0.05) is 18.3 Å². The molecule has 0 spiro atoms. The molecule has 2 aromatic carbocycles. The van der Waals surface area contributed by atoms with Gasteiger partial charge in [0.25, 0.3) is 5.91 Å². The van der Waals surface area contributed by atoms with E-state index in [-0.39, 0.29) is 5.91 Å². The summed E-state index contributed by atoms with van der Waals surface area (Å²) in [6.07, 6.45) is 1.58. The molecule has 0 aliphatic heterocycles. The van der Waals surface area contributed by atoms with E-state index in [1.165, 1.54) is 0 Å². The van der Waals surface area contributed by atoms with Gasteiger partial charge in [0.2, 0.25) is 0 Å². The van der Waals surface area contributed by atoms with Crippen molar-refractivity contribution in [2.75, 3.05) is 12.4 Å². The molecule has 0 saturated heterocycles. The van der Waals surface area contributed by atoms with E-state index in [1.54, 1.807) is 31.5 Å². The van der Waals surface area contributed by atoms with Crippen molar-refractivity contribution < 1.29 is 9.53 Å². The lowest BCUT2D eigenvalue weighted by atomic mass is 10.2. The van der Waals surface area contributed by atoms with Crippen LogP contribution in [0.2, 0.25) is 5.02 Å². The lowest BCUT2D eigenvalue weighted by Crippen LogP contribution is -2.22. The number of amides is 1. The molecular formula is C20H18ClN3O2. The van der Waals surface area contributed by atoms with Crippen LogP contribution in [0.1, 0.15) is 15.9 Å². The average Bonchev–Trinajstić information content (AvgIpc) is 2.68. The van der Waals surface area contributed by atoms with Gasteiger partial charge in [0.15, 0.2) is 0 Å². The molecule has 26 heavy (non-hydrogen) atoms. The largest absolute Gasteiger partial charge is 0.497 e. The van der Waals surface area contributed by atoms with Gasteiger partial charge in [-0.3, -0.25) is 4.79 Å². The summed E-state index contributed by atoms with van der Waals surface area (Å²) in [5.41, 5.74) is 2.24. The number of hydrogen-bond donors (Lipinski definition) is 2. The average molecular weight is 368 g/mol. The van der Waals surface area contributed by atoms with Crippen LogP contribution in [0, 0.1) is 0 Å². The van der Waals surface area contributed by atoms with Crippen LogP contribution in [-0.4, -0.2) is 18.0 Å². The van der Waals surface area contributed by atoms with Crippen LogP contribution >= 0.6 is 11.6 Å². The third-order valence-electron chi connectivity index (χ3n) is 3.77. The third-order valence-corrected chi connectivity index (χ3v) is 4.10. The molecule has 3 aromatic rings. The number of carbonyl (C=O) groups excluding carboxylic acids is 1. The predicted molar refractivity (Wildman–Crippen MR) is 103 cm³/mol. The van der Waals surface area contributed by atoms with E-state index in [0.717, 1.165) is 17.0 Å². The van der Waals surface area contributed by atoms with Crippen molar-refractivity contribution in [1.82, 2.24) is 10.3 Å². The minimum atomic E-state index is -0.176. The van der Waals surface area contributed by atoms with Crippen LogP contribution in [0.3, 0.4) is 0 Å². The first-order valence-electron chi connectivity index (χ1n) is 8.04. The Morgan fingerprint density at radius 3 is 2.62 bits per heavy atom. The summed E-state index contributed by atoms with van der Waals surface area (Å²) in [4.78, 5) is 16.6. The van der Waals surface area contributed by atoms with Gasteiger partial charge >= 0.3 is 0 Å². The third kappa shape index (κ3) is 4.52. The van der Waals surface area contributed by atoms with Crippen molar-refractivity contribution in [2.45, 2.75) is 6.54 Å². The summed E-state index contributed by atoms with van der Waals surface area (Å²) in [5.74, 6) is 1.16. The Hall–Kier alpha value is -3.05. The van der Waals surface area contributed by atoms with E-state index in [9.17, 15) is 4.79 Å². The summed E-state index contributed by atoms with van der Waals surface area (Å²) in [7, 11) is 1.62. The minimum Gasteiger partial charge on any atom is -0.497 e. The first kappa shape index (κ1) is 17.8. The van der Waals surface area contributed by atoms with E-state index in [2.05, 4.69) is 15.6 Å². The van der Waals surface area contributed by atoms with Crippen molar-refractivity contribution >= 4 is 29.0 Å². The number of ether oxygens (including phenoxy) is 1. The molecule has 3 rings (SSSR count). The molecule has 0 saturated carbocycles. The number of aromatic nitrogens is 1. The van der Waals surface area contributed by atoms with E-state index >= 15 is 0 Å². The highest BCUT2D eigenvalue weighted by molar-refractivity contribution is 6.33. The Kier molecular flexibility index (Phi) is 5.71. The molecule has 0 fully saturated rings. The molecule has 6 heteroatoms. The van der Waals surface area contributed by atoms with Crippen molar-refractivity contribution in [3.05, 3.63) is 83.0 Å². The highest BCUT2D eigenvalue weighted by Crippen LogP contribution is 2.24. The molecule has 0 radical (unpaired) electrons. The molecule has 0 atom stereocenters. The number of methoxy groups -OCH3 is 1. The normalized spacial score (nSPS) is 10.2. The zero-order valence-electron chi connectivity index (χ0n) is 14.2. The highest BCUT2D eigenvalue weighted by atomic mass is 35.5. The Morgan fingerprint density at radius 2 is 1.88 bits per heavy atom. The molecule has 5 nitrogen and oxygen atoms in total. The Balaban J connectivity index is 1.65. The van der Waals surface area contributed by atoms with Crippen LogP contribution in [0.25, 0.3) is 0 Å². The maximum atomic E-state index is 12.4. The number of benzene rings is 2. The molecule has 132 valence electrons. The van der Waals surface area contributed by atoms with Crippen LogP contribution in [0.4, 0.5) is 11.5 Å². The SMILES string of the molecule is COc1ccc(CNC(=O)c2ccnc(Nc3ccccc3Cl)c2)cc1. The summed E-state index contributed by atoms with van der Waals surface area (Å²) >= 11 is 6.14. The molecule has 0 bridgehead atoms. The number of para-hydroxylation sites is 1. The second-order valence-corrected chi connectivity index (χ2v) is 5.97. The molecule has 1 heterocycles.